The van der Waals surface area contributed by atoms with Crippen molar-refractivity contribution >= 4 is 5.78 Å². The summed E-state index contributed by atoms with van der Waals surface area (Å²) in [5.74, 6) is 0.455. The Morgan fingerprint density at radius 3 is 2.00 bits per heavy atom. The number of rotatable bonds is 4. The fourth-order valence-corrected chi connectivity index (χ4v) is 2.12. The standard InChI is InChI=1S/C17H27NO2/c1-16(2,3)15(20)14(18-17(4,5)6)11-12-7-9-13(19)10-8-12/h7-10,14,18-19H,11H2,1-6H3/t14-/m1/s1. The van der Waals surface area contributed by atoms with E-state index in [1.54, 1.807) is 12.1 Å². The summed E-state index contributed by atoms with van der Waals surface area (Å²) in [6, 6.07) is 6.82. The normalized spacial score (nSPS) is 14.1. The third-order valence-corrected chi connectivity index (χ3v) is 3.04. The Morgan fingerprint density at radius 1 is 1.10 bits per heavy atom. The molecule has 0 amide bonds. The molecule has 0 aliphatic rings. The van der Waals surface area contributed by atoms with Crippen LogP contribution in [0.3, 0.4) is 0 Å². The first-order valence-electron chi connectivity index (χ1n) is 7.09. The van der Waals surface area contributed by atoms with Crippen molar-refractivity contribution in [2.45, 2.75) is 59.5 Å². The monoisotopic (exact) mass is 277 g/mol. The molecular weight excluding hydrogens is 250 g/mol. The lowest BCUT2D eigenvalue weighted by Gasteiger charge is -2.32. The van der Waals surface area contributed by atoms with Crippen LogP contribution >= 0.6 is 0 Å². The van der Waals surface area contributed by atoms with E-state index >= 15 is 0 Å². The van der Waals surface area contributed by atoms with Crippen molar-refractivity contribution < 1.29 is 9.90 Å². The van der Waals surface area contributed by atoms with Crippen LogP contribution in [0.5, 0.6) is 5.75 Å². The molecule has 1 rings (SSSR count). The summed E-state index contributed by atoms with van der Waals surface area (Å²) in [4.78, 5) is 12.6. The summed E-state index contributed by atoms with van der Waals surface area (Å²) in [6.07, 6.45) is 0.633. The number of aromatic hydroxyl groups is 1. The predicted octanol–water partition coefficient (Wildman–Crippen LogP) is 3.31. The highest BCUT2D eigenvalue weighted by atomic mass is 16.3. The summed E-state index contributed by atoms with van der Waals surface area (Å²) < 4.78 is 0. The molecule has 0 saturated carbocycles. The zero-order valence-corrected chi connectivity index (χ0v) is 13.4. The number of benzene rings is 1. The van der Waals surface area contributed by atoms with E-state index in [0.717, 1.165) is 5.56 Å². The summed E-state index contributed by atoms with van der Waals surface area (Å²) in [6.45, 7) is 12.0. The number of phenols is 1. The van der Waals surface area contributed by atoms with Crippen molar-refractivity contribution in [1.82, 2.24) is 5.32 Å². The first-order chi connectivity index (χ1) is 8.99. The molecule has 0 unspecified atom stereocenters. The van der Waals surface area contributed by atoms with Gasteiger partial charge in [0.15, 0.2) is 5.78 Å². The van der Waals surface area contributed by atoms with E-state index in [-0.39, 0.29) is 28.5 Å². The van der Waals surface area contributed by atoms with Gasteiger partial charge >= 0.3 is 0 Å². The summed E-state index contributed by atoms with van der Waals surface area (Å²) in [5, 5.41) is 12.7. The lowest BCUT2D eigenvalue weighted by molar-refractivity contribution is -0.128. The number of nitrogens with one attached hydrogen (secondary N) is 1. The first kappa shape index (κ1) is 16.7. The second kappa shape index (κ2) is 5.96. The maximum absolute atomic E-state index is 12.6. The van der Waals surface area contributed by atoms with Crippen LogP contribution in [0.2, 0.25) is 0 Å². The van der Waals surface area contributed by atoms with Gasteiger partial charge in [0.2, 0.25) is 0 Å². The van der Waals surface area contributed by atoms with Crippen molar-refractivity contribution in [3.63, 3.8) is 0 Å². The van der Waals surface area contributed by atoms with E-state index in [9.17, 15) is 9.90 Å². The minimum Gasteiger partial charge on any atom is -0.508 e. The SMILES string of the molecule is CC(C)(C)N[C@H](Cc1ccc(O)cc1)C(=O)C(C)(C)C. The molecule has 0 aromatic heterocycles. The largest absolute Gasteiger partial charge is 0.508 e. The van der Waals surface area contributed by atoms with Gasteiger partial charge in [-0.15, -0.1) is 0 Å². The molecule has 0 fully saturated rings. The van der Waals surface area contributed by atoms with Crippen LogP contribution in [0.15, 0.2) is 24.3 Å². The number of hydrogen-bond donors (Lipinski definition) is 2. The minimum absolute atomic E-state index is 0.123. The van der Waals surface area contributed by atoms with Gasteiger partial charge in [-0.05, 0) is 44.9 Å². The lowest BCUT2D eigenvalue weighted by atomic mass is 9.83. The van der Waals surface area contributed by atoms with Crippen LogP contribution in [-0.2, 0) is 11.2 Å². The highest BCUT2D eigenvalue weighted by Crippen LogP contribution is 2.21. The molecule has 0 spiro atoms. The third kappa shape index (κ3) is 5.33. The topological polar surface area (TPSA) is 49.3 Å². The molecule has 20 heavy (non-hydrogen) atoms. The van der Waals surface area contributed by atoms with E-state index in [1.807, 2.05) is 32.9 Å². The van der Waals surface area contributed by atoms with Gasteiger partial charge in [-0.2, -0.15) is 0 Å². The van der Waals surface area contributed by atoms with Crippen molar-refractivity contribution in [3.05, 3.63) is 29.8 Å². The fourth-order valence-electron chi connectivity index (χ4n) is 2.12. The zero-order valence-electron chi connectivity index (χ0n) is 13.4. The average Bonchev–Trinajstić information content (AvgIpc) is 2.27. The highest BCUT2D eigenvalue weighted by molar-refractivity contribution is 5.89. The number of phenolic OH excluding ortho intramolecular Hbond substituents is 1. The highest BCUT2D eigenvalue weighted by Gasteiger charge is 2.31. The van der Waals surface area contributed by atoms with Crippen molar-refractivity contribution in [2.24, 2.45) is 5.41 Å². The average molecular weight is 277 g/mol. The van der Waals surface area contributed by atoms with Crippen LogP contribution < -0.4 is 5.32 Å². The molecule has 1 atom stereocenters. The Balaban J connectivity index is 2.93. The van der Waals surface area contributed by atoms with Crippen LogP contribution in [0.4, 0.5) is 0 Å². The van der Waals surface area contributed by atoms with Crippen LogP contribution in [0.25, 0.3) is 0 Å². The molecule has 3 nitrogen and oxygen atoms in total. The first-order valence-corrected chi connectivity index (χ1v) is 7.09. The Kier molecular flexibility index (Phi) is 4.98. The van der Waals surface area contributed by atoms with Crippen LogP contribution in [-0.4, -0.2) is 22.5 Å². The minimum atomic E-state index is -0.375. The van der Waals surface area contributed by atoms with E-state index < -0.39 is 0 Å². The Labute approximate surface area is 122 Å². The molecule has 1 aromatic rings. The van der Waals surface area contributed by atoms with Gasteiger partial charge in [-0.3, -0.25) is 4.79 Å². The zero-order chi connectivity index (χ0) is 15.6. The lowest BCUT2D eigenvalue weighted by Crippen LogP contribution is -2.51. The van der Waals surface area contributed by atoms with Crippen molar-refractivity contribution in [3.8, 4) is 5.75 Å². The van der Waals surface area contributed by atoms with E-state index in [1.165, 1.54) is 0 Å². The van der Waals surface area contributed by atoms with Gasteiger partial charge in [0.1, 0.15) is 5.75 Å². The smallest absolute Gasteiger partial charge is 0.155 e. The molecule has 112 valence electrons. The Morgan fingerprint density at radius 2 is 1.60 bits per heavy atom. The summed E-state index contributed by atoms with van der Waals surface area (Å²) in [7, 11) is 0. The van der Waals surface area contributed by atoms with Gasteiger partial charge in [0.05, 0.1) is 6.04 Å². The molecule has 0 radical (unpaired) electrons. The van der Waals surface area contributed by atoms with Gasteiger partial charge < -0.3 is 10.4 Å². The third-order valence-electron chi connectivity index (χ3n) is 3.04. The maximum Gasteiger partial charge on any atom is 0.155 e. The Bertz CT molecular complexity index is 449. The van der Waals surface area contributed by atoms with Crippen molar-refractivity contribution in [1.29, 1.82) is 0 Å². The van der Waals surface area contributed by atoms with Gasteiger partial charge in [-0.1, -0.05) is 32.9 Å². The number of Topliss-reactive ketones (excluding diaryl/α,β-unsaturated/α-hetero) is 1. The summed E-state index contributed by atoms with van der Waals surface area (Å²) >= 11 is 0. The predicted molar refractivity (Wildman–Crippen MR) is 82.9 cm³/mol. The Hall–Kier alpha value is -1.35. The number of hydrogen-bond acceptors (Lipinski definition) is 3. The van der Waals surface area contributed by atoms with E-state index in [2.05, 4.69) is 26.1 Å². The van der Waals surface area contributed by atoms with E-state index in [0.29, 0.717) is 6.42 Å². The van der Waals surface area contributed by atoms with Crippen LogP contribution in [0, 0.1) is 5.41 Å². The van der Waals surface area contributed by atoms with Crippen molar-refractivity contribution in [2.75, 3.05) is 0 Å². The fraction of sp³-hybridized carbons (Fsp3) is 0.588. The molecule has 0 heterocycles. The van der Waals surface area contributed by atoms with E-state index in [4.69, 9.17) is 0 Å². The number of carbonyl (C=O) groups excluding carboxylic acids is 1. The second-order valence-electron chi connectivity index (χ2n) is 7.43. The maximum atomic E-state index is 12.6. The summed E-state index contributed by atoms with van der Waals surface area (Å²) in [5.41, 5.74) is 0.546. The number of ketones is 1. The van der Waals surface area contributed by atoms with Gasteiger partial charge in [0.25, 0.3) is 0 Å². The molecule has 2 N–H and O–H groups in total. The molecule has 0 aliphatic heterocycles. The molecular formula is C17H27NO2. The number of carbonyl (C=O) groups is 1. The van der Waals surface area contributed by atoms with Gasteiger partial charge in [0, 0.05) is 11.0 Å². The second-order valence-corrected chi connectivity index (χ2v) is 7.43. The molecule has 3 heteroatoms. The van der Waals surface area contributed by atoms with Crippen LogP contribution in [0.1, 0.15) is 47.1 Å². The van der Waals surface area contributed by atoms with Gasteiger partial charge in [-0.25, -0.2) is 0 Å². The molecule has 0 saturated heterocycles. The quantitative estimate of drug-likeness (QED) is 0.887. The molecule has 0 aliphatic carbocycles. The molecule has 0 bridgehead atoms. The molecule has 1 aromatic carbocycles.